The molecule has 2 heterocycles. The molecule has 1 amide bonds. The number of hydrogen-bond donors (Lipinski definition) is 0. The van der Waals surface area contributed by atoms with E-state index in [9.17, 15) is 4.79 Å². The number of anilines is 2. The van der Waals surface area contributed by atoms with Gasteiger partial charge in [0.2, 0.25) is 5.91 Å². The van der Waals surface area contributed by atoms with Crippen LogP contribution in [0.4, 0.5) is 11.4 Å². The summed E-state index contributed by atoms with van der Waals surface area (Å²) in [4.78, 5) is 18.6. The Kier molecular flexibility index (Phi) is 4.52. The normalized spacial score (nSPS) is 20.4. The maximum Gasteiger partial charge on any atom is 0.227 e. The quantitative estimate of drug-likeness (QED) is 0.855. The highest BCUT2D eigenvalue weighted by Crippen LogP contribution is 2.34. The van der Waals surface area contributed by atoms with Gasteiger partial charge in [-0.2, -0.15) is 0 Å². The van der Waals surface area contributed by atoms with Crippen LogP contribution in [-0.4, -0.2) is 57.7 Å². The van der Waals surface area contributed by atoms with Gasteiger partial charge >= 0.3 is 0 Å². The Morgan fingerprint density at radius 3 is 2.64 bits per heavy atom. The van der Waals surface area contributed by atoms with E-state index >= 15 is 0 Å². The Labute approximate surface area is 132 Å². The summed E-state index contributed by atoms with van der Waals surface area (Å²) in [7, 11) is 3.88. The van der Waals surface area contributed by atoms with Crippen LogP contribution in [0.2, 0.25) is 0 Å². The molecule has 0 atom stereocenters. The Balaban J connectivity index is 1.89. The molecular weight excluding hydrogens is 278 g/mol. The summed E-state index contributed by atoms with van der Waals surface area (Å²) in [5.74, 6) is 1.12. The van der Waals surface area contributed by atoms with E-state index in [0.717, 1.165) is 62.7 Å². The van der Waals surface area contributed by atoms with Gasteiger partial charge < -0.3 is 19.4 Å². The second-order valence-corrected chi connectivity index (χ2v) is 6.15. The van der Waals surface area contributed by atoms with Gasteiger partial charge in [-0.1, -0.05) is 0 Å². The molecule has 0 unspecified atom stereocenters. The van der Waals surface area contributed by atoms with E-state index in [1.165, 1.54) is 0 Å². The lowest BCUT2D eigenvalue weighted by Crippen LogP contribution is -2.29. The van der Waals surface area contributed by atoms with Crippen molar-refractivity contribution in [1.82, 2.24) is 4.90 Å². The molecule has 0 aliphatic carbocycles. The number of carbonyl (C=O) groups is 1. The minimum atomic E-state index is 0.228. The van der Waals surface area contributed by atoms with Crippen LogP contribution in [0.5, 0.6) is 5.75 Å². The van der Waals surface area contributed by atoms with E-state index in [-0.39, 0.29) is 5.91 Å². The molecule has 0 saturated carbocycles. The maximum absolute atomic E-state index is 12.0. The molecule has 0 spiro atoms. The highest BCUT2D eigenvalue weighted by molar-refractivity contribution is 5.96. The minimum absolute atomic E-state index is 0.228. The smallest absolute Gasteiger partial charge is 0.227 e. The molecule has 1 aromatic rings. The molecule has 0 aromatic heterocycles. The first-order chi connectivity index (χ1) is 10.7. The fourth-order valence-electron chi connectivity index (χ4n) is 3.30. The molecule has 2 fully saturated rings. The first kappa shape index (κ1) is 15.2. The molecule has 2 aliphatic heterocycles. The number of nitrogens with zero attached hydrogens (tertiary/aromatic N) is 3. The number of ether oxygens (including phenoxy) is 1. The van der Waals surface area contributed by atoms with E-state index in [2.05, 4.69) is 22.9 Å². The molecule has 0 bridgehead atoms. The highest BCUT2D eigenvalue weighted by atomic mass is 16.5. The summed E-state index contributed by atoms with van der Waals surface area (Å²) in [6, 6.07) is 6.10. The van der Waals surface area contributed by atoms with Crippen molar-refractivity contribution in [3.05, 3.63) is 18.2 Å². The first-order valence-electron chi connectivity index (χ1n) is 8.11. The van der Waals surface area contributed by atoms with Crippen LogP contribution in [0.3, 0.4) is 0 Å². The molecule has 5 nitrogen and oxygen atoms in total. The van der Waals surface area contributed by atoms with Gasteiger partial charge in [0.1, 0.15) is 5.75 Å². The molecule has 0 radical (unpaired) electrons. The second-order valence-electron chi connectivity index (χ2n) is 6.15. The van der Waals surface area contributed by atoms with Crippen molar-refractivity contribution in [1.29, 1.82) is 0 Å². The van der Waals surface area contributed by atoms with Crippen molar-refractivity contribution >= 4 is 17.3 Å². The number of likely N-dealkylation sites (N-methyl/N-ethyl adjacent to an activating group) is 1. The van der Waals surface area contributed by atoms with Gasteiger partial charge in [-0.05, 0) is 44.6 Å². The molecule has 120 valence electrons. The van der Waals surface area contributed by atoms with Crippen LogP contribution in [-0.2, 0) is 4.79 Å². The molecule has 1 aromatic carbocycles. The van der Waals surface area contributed by atoms with Crippen molar-refractivity contribution in [2.45, 2.75) is 19.3 Å². The predicted molar refractivity (Wildman–Crippen MR) is 88.9 cm³/mol. The summed E-state index contributed by atoms with van der Waals surface area (Å²) in [5.41, 5.74) is 2.10. The van der Waals surface area contributed by atoms with Crippen molar-refractivity contribution in [3.8, 4) is 5.75 Å². The number of methoxy groups -OCH3 is 1. The third-order valence-corrected chi connectivity index (χ3v) is 4.61. The van der Waals surface area contributed by atoms with Gasteiger partial charge in [-0.25, -0.2) is 0 Å². The fourth-order valence-corrected chi connectivity index (χ4v) is 3.30. The van der Waals surface area contributed by atoms with Gasteiger partial charge in [0, 0.05) is 38.3 Å². The summed E-state index contributed by atoms with van der Waals surface area (Å²) in [6.45, 7) is 5.02. The average Bonchev–Trinajstić information content (AvgIpc) is 2.84. The van der Waals surface area contributed by atoms with Crippen LogP contribution in [0.1, 0.15) is 19.3 Å². The van der Waals surface area contributed by atoms with Crippen LogP contribution in [0.25, 0.3) is 0 Å². The number of amides is 1. The fraction of sp³-hybridized carbons (Fsp3) is 0.588. The molecular formula is C17H25N3O2. The Bertz CT molecular complexity index is 547. The lowest BCUT2D eigenvalue weighted by atomic mass is 10.2. The SMILES string of the molecule is COc1ccc(N2CCCC2=O)cc1N1CCCN(C)CC1. The van der Waals surface area contributed by atoms with E-state index in [1.54, 1.807) is 7.11 Å². The molecule has 22 heavy (non-hydrogen) atoms. The van der Waals surface area contributed by atoms with Crippen molar-refractivity contribution < 1.29 is 9.53 Å². The van der Waals surface area contributed by atoms with Crippen molar-refractivity contribution in [2.75, 3.05) is 56.7 Å². The zero-order chi connectivity index (χ0) is 15.5. The first-order valence-corrected chi connectivity index (χ1v) is 8.11. The highest BCUT2D eigenvalue weighted by Gasteiger charge is 2.24. The summed E-state index contributed by atoms with van der Waals surface area (Å²) in [6.07, 6.45) is 2.76. The predicted octanol–water partition coefficient (Wildman–Crippen LogP) is 1.96. The lowest BCUT2D eigenvalue weighted by Gasteiger charge is -2.27. The molecule has 5 heteroatoms. The van der Waals surface area contributed by atoms with E-state index in [0.29, 0.717) is 6.42 Å². The minimum Gasteiger partial charge on any atom is -0.495 e. The van der Waals surface area contributed by atoms with Gasteiger partial charge in [0.15, 0.2) is 0 Å². The Morgan fingerprint density at radius 1 is 1.05 bits per heavy atom. The van der Waals surface area contributed by atoms with Gasteiger partial charge in [-0.15, -0.1) is 0 Å². The third kappa shape index (κ3) is 3.04. The van der Waals surface area contributed by atoms with Crippen molar-refractivity contribution in [3.63, 3.8) is 0 Å². The van der Waals surface area contributed by atoms with Crippen molar-refractivity contribution in [2.24, 2.45) is 0 Å². The monoisotopic (exact) mass is 303 g/mol. The summed E-state index contributed by atoms with van der Waals surface area (Å²) < 4.78 is 5.55. The van der Waals surface area contributed by atoms with E-state index in [1.807, 2.05) is 17.0 Å². The van der Waals surface area contributed by atoms with E-state index in [4.69, 9.17) is 4.74 Å². The Hall–Kier alpha value is -1.75. The number of carbonyl (C=O) groups excluding carboxylic acids is 1. The van der Waals surface area contributed by atoms with Crippen LogP contribution in [0.15, 0.2) is 18.2 Å². The number of hydrogen-bond acceptors (Lipinski definition) is 4. The van der Waals surface area contributed by atoms with Gasteiger partial charge in [-0.3, -0.25) is 4.79 Å². The van der Waals surface area contributed by atoms with Crippen LogP contribution < -0.4 is 14.5 Å². The van der Waals surface area contributed by atoms with Gasteiger partial charge in [0.25, 0.3) is 0 Å². The zero-order valence-electron chi connectivity index (χ0n) is 13.5. The Morgan fingerprint density at radius 2 is 1.91 bits per heavy atom. The molecule has 2 aliphatic rings. The maximum atomic E-state index is 12.0. The van der Waals surface area contributed by atoms with E-state index < -0.39 is 0 Å². The molecule has 0 N–H and O–H groups in total. The standard InChI is InChI=1S/C17H25N3O2/c1-18-8-4-9-19(12-11-18)15-13-14(6-7-16(15)22-2)20-10-3-5-17(20)21/h6-7,13H,3-5,8-12H2,1-2H3. The number of benzene rings is 1. The van der Waals surface area contributed by atoms with Gasteiger partial charge in [0.05, 0.1) is 12.8 Å². The van der Waals surface area contributed by atoms with Crippen LogP contribution >= 0.6 is 0 Å². The summed E-state index contributed by atoms with van der Waals surface area (Å²) >= 11 is 0. The van der Waals surface area contributed by atoms with Crippen LogP contribution in [0, 0.1) is 0 Å². The average molecular weight is 303 g/mol. The summed E-state index contributed by atoms with van der Waals surface area (Å²) in [5, 5.41) is 0. The molecule has 2 saturated heterocycles. The second kappa shape index (κ2) is 6.57. The largest absolute Gasteiger partial charge is 0.495 e. The topological polar surface area (TPSA) is 36.0 Å². The lowest BCUT2D eigenvalue weighted by molar-refractivity contribution is -0.117. The third-order valence-electron chi connectivity index (χ3n) is 4.61. The zero-order valence-corrected chi connectivity index (χ0v) is 13.5. The molecule has 3 rings (SSSR count). The number of rotatable bonds is 3.